The number of alkyl halides is 3. The normalized spacial score (nSPS) is 11.7. The second-order valence-corrected chi connectivity index (χ2v) is 6.90. The molecule has 25 heavy (non-hydrogen) atoms. The van der Waals surface area contributed by atoms with Crippen molar-refractivity contribution in [3.05, 3.63) is 71.0 Å². The van der Waals surface area contributed by atoms with Gasteiger partial charge in [-0.2, -0.15) is 13.2 Å². The molecule has 0 heterocycles. The van der Waals surface area contributed by atoms with Crippen LogP contribution in [0.5, 0.6) is 0 Å². The molecule has 0 saturated heterocycles. The molecule has 132 valence electrons. The fourth-order valence-electron chi connectivity index (χ4n) is 1.96. The lowest BCUT2D eigenvalue weighted by molar-refractivity contribution is -0.137. The van der Waals surface area contributed by atoms with E-state index in [1.165, 1.54) is 30.3 Å². The van der Waals surface area contributed by atoms with Gasteiger partial charge in [-0.25, -0.2) is 17.5 Å². The molecule has 0 fully saturated rings. The highest BCUT2D eigenvalue weighted by molar-refractivity contribution is 7.88. The lowest BCUT2D eigenvalue weighted by atomic mass is 10.1. The van der Waals surface area contributed by atoms with Crippen molar-refractivity contribution < 1.29 is 26.0 Å². The summed E-state index contributed by atoms with van der Waals surface area (Å²) in [6.45, 7) is -0.270. The third kappa shape index (κ3) is 6.21. The maximum Gasteiger partial charge on any atom is 0.416 e. The Kier molecular flexibility index (Phi) is 5.82. The number of benzene rings is 2. The van der Waals surface area contributed by atoms with Crippen LogP contribution in [0.15, 0.2) is 48.5 Å². The van der Waals surface area contributed by atoms with Crippen LogP contribution in [0.25, 0.3) is 0 Å². The first-order chi connectivity index (χ1) is 11.7. The van der Waals surface area contributed by atoms with Crippen molar-refractivity contribution >= 4 is 10.0 Å². The smallest absolute Gasteiger partial charge is 0.212 e. The van der Waals surface area contributed by atoms with Gasteiger partial charge in [0.1, 0.15) is 5.82 Å². The van der Waals surface area contributed by atoms with Gasteiger partial charge in [0.25, 0.3) is 0 Å². The lowest BCUT2D eigenvalue weighted by Gasteiger charge is -2.06. The molecule has 0 aliphatic rings. The Morgan fingerprint density at radius 2 is 1.76 bits per heavy atom. The molecule has 0 bridgehead atoms. The monoisotopic (exact) mass is 371 g/mol. The Balaban J connectivity index is 1.98. The molecule has 0 atom stereocenters. The lowest BCUT2D eigenvalue weighted by Crippen LogP contribution is -2.25. The Labute approximate surface area is 142 Å². The Bertz CT molecular complexity index is 912. The third-order valence-electron chi connectivity index (χ3n) is 3.05. The largest absolute Gasteiger partial charge is 0.416 e. The summed E-state index contributed by atoms with van der Waals surface area (Å²) in [6.07, 6.45) is -4.47. The van der Waals surface area contributed by atoms with Crippen LogP contribution in [0, 0.1) is 17.7 Å². The van der Waals surface area contributed by atoms with Gasteiger partial charge in [0.05, 0.1) is 17.9 Å². The summed E-state index contributed by atoms with van der Waals surface area (Å²) in [5, 5.41) is 0. The summed E-state index contributed by atoms with van der Waals surface area (Å²) < 4.78 is 76.7. The van der Waals surface area contributed by atoms with Crippen molar-refractivity contribution in [2.45, 2.75) is 11.9 Å². The van der Waals surface area contributed by atoms with E-state index in [1.54, 1.807) is 0 Å². The first-order valence-electron chi connectivity index (χ1n) is 7.04. The van der Waals surface area contributed by atoms with Gasteiger partial charge in [-0.3, -0.25) is 0 Å². The van der Waals surface area contributed by atoms with Crippen LogP contribution >= 0.6 is 0 Å². The van der Waals surface area contributed by atoms with Gasteiger partial charge in [-0.1, -0.05) is 30.0 Å². The van der Waals surface area contributed by atoms with Crippen LogP contribution in [0.1, 0.15) is 16.7 Å². The molecule has 0 aliphatic carbocycles. The van der Waals surface area contributed by atoms with E-state index in [2.05, 4.69) is 16.6 Å². The Hall–Kier alpha value is -2.37. The summed E-state index contributed by atoms with van der Waals surface area (Å²) in [7, 11) is -3.74. The molecule has 0 saturated carbocycles. The fraction of sp³-hybridized carbons (Fsp3) is 0.176. The van der Waals surface area contributed by atoms with Crippen LogP contribution in [0.4, 0.5) is 17.6 Å². The van der Waals surface area contributed by atoms with Gasteiger partial charge in [-0.05, 0) is 35.9 Å². The van der Waals surface area contributed by atoms with Crippen molar-refractivity contribution in [3.63, 3.8) is 0 Å². The van der Waals surface area contributed by atoms with Crippen LogP contribution in [0.2, 0.25) is 0 Å². The van der Waals surface area contributed by atoms with Gasteiger partial charge in [0.15, 0.2) is 0 Å². The molecule has 0 aromatic heterocycles. The van der Waals surface area contributed by atoms with Crippen LogP contribution in [-0.2, 0) is 22.0 Å². The molecule has 8 heteroatoms. The molecule has 1 N–H and O–H groups in total. The molecule has 0 radical (unpaired) electrons. The maximum atomic E-state index is 13.0. The highest BCUT2D eigenvalue weighted by Crippen LogP contribution is 2.29. The Morgan fingerprint density at radius 1 is 1.04 bits per heavy atom. The van der Waals surface area contributed by atoms with Gasteiger partial charge in [0.2, 0.25) is 10.0 Å². The highest BCUT2D eigenvalue weighted by Gasteiger charge is 2.30. The zero-order chi connectivity index (χ0) is 18.5. The molecule has 2 aromatic carbocycles. The van der Waals surface area contributed by atoms with E-state index in [9.17, 15) is 26.0 Å². The van der Waals surface area contributed by atoms with Crippen LogP contribution in [0.3, 0.4) is 0 Å². The standard InChI is InChI=1S/C17H13F4NO2S/c18-16-8-2-5-14(11-16)12-25(23,24)22-9-3-6-13-4-1-7-15(10-13)17(19,20)21/h1-2,4-5,7-8,10-11,22H,9,12H2. The van der Waals surface area contributed by atoms with Gasteiger partial charge >= 0.3 is 6.18 Å². The van der Waals surface area contributed by atoms with E-state index in [0.29, 0.717) is 0 Å². The van der Waals surface area contributed by atoms with Crippen molar-refractivity contribution in [1.29, 1.82) is 0 Å². The zero-order valence-corrected chi connectivity index (χ0v) is 13.6. The van der Waals surface area contributed by atoms with Crippen molar-refractivity contribution in [2.24, 2.45) is 0 Å². The topological polar surface area (TPSA) is 46.2 Å². The van der Waals surface area contributed by atoms with Crippen molar-refractivity contribution in [1.82, 2.24) is 4.72 Å². The Morgan fingerprint density at radius 3 is 2.44 bits per heavy atom. The molecule has 0 amide bonds. The van der Waals surface area contributed by atoms with Crippen LogP contribution < -0.4 is 4.72 Å². The molecule has 2 rings (SSSR count). The van der Waals surface area contributed by atoms with Gasteiger partial charge < -0.3 is 0 Å². The minimum atomic E-state index is -4.47. The van der Waals surface area contributed by atoms with Crippen molar-refractivity contribution in [2.75, 3.05) is 6.54 Å². The van der Waals surface area contributed by atoms with E-state index in [-0.39, 0.29) is 17.7 Å². The SMILES string of the molecule is O=S(=O)(Cc1cccc(F)c1)NCC#Cc1cccc(C(F)(F)F)c1. The molecule has 3 nitrogen and oxygen atoms in total. The summed E-state index contributed by atoms with van der Waals surface area (Å²) in [5.41, 5.74) is -0.427. The quantitative estimate of drug-likeness (QED) is 0.662. The number of nitrogens with one attached hydrogen (secondary N) is 1. The average Bonchev–Trinajstić information content (AvgIpc) is 2.51. The molecular formula is C17H13F4NO2S. The van der Waals surface area contributed by atoms with E-state index in [0.717, 1.165) is 18.2 Å². The summed E-state index contributed by atoms with van der Waals surface area (Å²) in [6, 6.07) is 9.59. The summed E-state index contributed by atoms with van der Waals surface area (Å²) in [5.74, 6) is 3.95. The third-order valence-corrected chi connectivity index (χ3v) is 4.35. The predicted octanol–water partition coefficient (Wildman–Crippen LogP) is 3.32. The maximum absolute atomic E-state index is 13.0. The fourth-order valence-corrected chi connectivity index (χ4v) is 2.98. The first kappa shape index (κ1) is 19.0. The average molecular weight is 371 g/mol. The number of hydrogen-bond acceptors (Lipinski definition) is 2. The number of hydrogen-bond donors (Lipinski definition) is 1. The number of rotatable bonds is 4. The van der Waals surface area contributed by atoms with E-state index in [4.69, 9.17) is 0 Å². The molecule has 2 aromatic rings. The van der Waals surface area contributed by atoms with E-state index in [1.807, 2.05) is 0 Å². The highest BCUT2D eigenvalue weighted by atomic mass is 32.2. The summed E-state index contributed by atoms with van der Waals surface area (Å²) >= 11 is 0. The second kappa shape index (κ2) is 7.68. The number of sulfonamides is 1. The number of halogens is 4. The van der Waals surface area contributed by atoms with Crippen molar-refractivity contribution in [3.8, 4) is 11.8 Å². The van der Waals surface area contributed by atoms with Gasteiger partial charge in [-0.15, -0.1) is 0 Å². The second-order valence-electron chi connectivity index (χ2n) is 5.09. The molecule has 0 spiro atoms. The molecular weight excluding hydrogens is 358 g/mol. The first-order valence-corrected chi connectivity index (χ1v) is 8.69. The van der Waals surface area contributed by atoms with Crippen LogP contribution in [-0.4, -0.2) is 15.0 Å². The minimum absolute atomic E-state index is 0.124. The minimum Gasteiger partial charge on any atom is -0.212 e. The van der Waals surface area contributed by atoms with Gasteiger partial charge in [0, 0.05) is 5.56 Å². The molecule has 0 unspecified atom stereocenters. The van der Waals surface area contributed by atoms with E-state index >= 15 is 0 Å². The zero-order valence-electron chi connectivity index (χ0n) is 12.8. The predicted molar refractivity (Wildman–Crippen MR) is 85.3 cm³/mol. The summed E-state index contributed by atoms with van der Waals surface area (Å²) in [4.78, 5) is 0. The molecule has 0 aliphatic heterocycles. The van der Waals surface area contributed by atoms with E-state index < -0.39 is 33.3 Å².